The normalized spacial score (nSPS) is 12.6. The van der Waals surface area contributed by atoms with Gasteiger partial charge in [0, 0.05) is 6.20 Å². The van der Waals surface area contributed by atoms with Gasteiger partial charge in [0.2, 0.25) is 0 Å². The number of aromatic nitrogens is 1. The van der Waals surface area contributed by atoms with Gasteiger partial charge in [-0.1, -0.05) is 0 Å². The molecule has 0 amide bonds. The number of hydrogen-bond donors (Lipinski definition) is 2. The van der Waals surface area contributed by atoms with Crippen molar-refractivity contribution in [2.24, 2.45) is 5.73 Å². The monoisotopic (exact) mass is 217 g/mol. The van der Waals surface area contributed by atoms with Crippen molar-refractivity contribution in [3.8, 4) is 0 Å². The third-order valence-corrected chi connectivity index (χ3v) is 2.54. The molecule has 0 radical (unpaired) electrons. The zero-order chi connectivity index (χ0) is 11.5. The number of nitrogen functional groups attached to an aromatic ring is 1. The average Bonchev–Trinajstić information content (AvgIpc) is 2.64. The largest absolute Gasteiger partial charge is 0.467 e. The van der Waals surface area contributed by atoms with Gasteiger partial charge in [-0.25, -0.2) is 4.98 Å². The minimum atomic E-state index is -0.142. The van der Waals surface area contributed by atoms with Crippen LogP contribution in [0.2, 0.25) is 0 Å². The van der Waals surface area contributed by atoms with Crippen LogP contribution in [0, 0.1) is 6.92 Å². The van der Waals surface area contributed by atoms with Gasteiger partial charge < -0.3 is 15.9 Å². The van der Waals surface area contributed by atoms with Crippen LogP contribution in [-0.4, -0.2) is 4.98 Å². The minimum Gasteiger partial charge on any atom is -0.467 e. The Morgan fingerprint density at radius 1 is 1.44 bits per heavy atom. The topological polar surface area (TPSA) is 78.1 Å². The van der Waals surface area contributed by atoms with Crippen LogP contribution in [-0.2, 0) is 6.42 Å². The van der Waals surface area contributed by atoms with E-state index in [2.05, 4.69) is 4.98 Å². The highest BCUT2D eigenvalue weighted by molar-refractivity contribution is 5.33. The molecule has 0 bridgehead atoms. The average molecular weight is 217 g/mol. The highest BCUT2D eigenvalue weighted by atomic mass is 16.3. The maximum atomic E-state index is 6.07. The lowest BCUT2D eigenvalue weighted by atomic mass is 10.0. The molecule has 1 atom stereocenters. The van der Waals surface area contributed by atoms with Crippen LogP contribution in [0.5, 0.6) is 0 Å². The maximum absolute atomic E-state index is 6.07. The number of nitrogens with zero attached hydrogens (tertiary/aromatic N) is 1. The van der Waals surface area contributed by atoms with Crippen LogP contribution < -0.4 is 11.5 Å². The van der Waals surface area contributed by atoms with Crippen molar-refractivity contribution in [2.75, 3.05) is 5.73 Å². The van der Waals surface area contributed by atoms with Crippen molar-refractivity contribution < 1.29 is 4.42 Å². The summed E-state index contributed by atoms with van der Waals surface area (Å²) in [6, 6.07) is 5.51. The van der Waals surface area contributed by atoms with Crippen molar-refractivity contribution >= 4 is 5.82 Å². The highest BCUT2D eigenvalue weighted by Crippen LogP contribution is 2.20. The predicted molar refractivity (Wildman–Crippen MR) is 62.7 cm³/mol. The second-order valence-electron chi connectivity index (χ2n) is 3.87. The molecular formula is C12H15N3O. The number of aryl methyl sites for hydroxylation is 1. The molecule has 2 aromatic rings. The smallest absolute Gasteiger partial charge is 0.123 e. The summed E-state index contributed by atoms with van der Waals surface area (Å²) in [6.45, 7) is 1.99. The Balaban J connectivity index is 2.14. The summed E-state index contributed by atoms with van der Waals surface area (Å²) >= 11 is 0. The van der Waals surface area contributed by atoms with Crippen molar-refractivity contribution in [3.63, 3.8) is 0 Å². The Morgan fingerprint density at radius 3 is 2.88 bits per heavy atom. The van der Waals surface area contributed by atoms with Gasteiger partial charge in [0.25, 0.3) is 0 Å². The van der Waals surface area contributed by atoms with Crippen molar-refractivity contribution in [2.45, 2.75) is 19.4 Å². The first-order valence-corrected chi connectivity index (χ1v) is 5.17. The second-order valence-corrected chi connectivity index (χ2v) is 3.87. The maximum Gasteiger partial charge on any atom is 0.123 e. The lowest BCUT2D eigenvalue weighted by molar-refractivity contribution is 0.461. The molecule has 4 N–H and O–H groups in total. The van der Waals surface area contributed by atoms with Gasteiger partial charge in [0.05, 0.1) is 12.3 Å². The van der Waals surface area contributed by atoms with E-state index in [9.17, 15) is 0 Å². The van der Waals surface area contributed by atoms with Crippen LogP contribution in [0.25, 0.3) is 0 Å². The lowest BCUT2D eigenvalue weighted by Crippen LogP contribution is -2.13. The van der Waals surface area contributed by atoms with E-state index in [1.165, 1.54) is 0 Å². The van der Waals surface area contributed by atoms with E-state index >= 15 is 0 Å². The minimum absolute atomic E-state index is 0.142. The van der Waals surface area contributed by atoms with Crippen molar-refractivity contribution in [3.05, 3.63) is 47.5 Å². The fraction of sp³-hybridized carbons (Fsp3) is 0.250. The SMILES string of the molecule is Cc1ccoc1C(N)Cc1ccnc(N)c1. The molecule has 0 saturated carbocycles. The molecule has 84 valence electrons. The van der Waals surface area contributed by atoms with Crippen LogP contribution in [0.1, 0.15) is 22.9 Å². The molecule has 4 nitrogen and oxygen atoms in total. The van der Waals surface area contributed by atoms with Gasteiger partial charge in [-0.2, -0.15) is 0 Å². The van der Waals surface area contributed by atoms with Gasteiger partial charge >= 0.3 is 0 Å². The molecule has 0 aromatic carbocycles. The number of pyridine rings is 1. The fourth-order valence-corrected chi connectivity index (χ4v) is 1.73. The number of nitrogens with two attached hydrogens (primary N) is 2. The van der Waals surface area contributed by atoms with Crippen LogP contribution in [0.15, 0.2) is 35.1 Å². The summed E-state index contributed by atoms with van der Waals surface area (Å²) in [5, 5.41) is 0. The highest BCUT2D eigenvalue weighted by Gasteiger charge is 2.13. The Labute approximate surface area is 94.3 Å². The lowest BCUT2D eigenvalue weighted by Gasteiger charge is -2.10. The van der Waals surface area contributed by atoms with Crippen molar-refractivity contribution in [1.29, 1.82) is 0 Å². The standard InChI is InChI=1S/C12H15N3O/c1-8-3-5-16-12(8)10(13)6-9-2-4-15-11(14)7-9/h2-5,7,10H,6,13H2,1H3,(H2,14,15). The Hall–Kier alpha value is -1.81. The van der Waals surface area contributed by atoms with E-state index in [1.54, 1.807) is 12.5 Å². The molecule has 0 aliphatic carbocycles. The number of hydrogen-bond acceptors (Lipinski definition) is 4. The zero-order valence-electron chi connectivity index (χ0n) is 9.18. The van der Waals surface area contributed by atoms with E-state index in [0.29, 0.717) is 12.2 Å². The summed E-state index contributed by atoms with van der Waals surface area (Å²) in [4.78, 5) is 3.94. The Kier molecular flexibility index (Phi) is 2.92. The van der Waals surface area contributed by atoms with Gasteiger partial charge in [-0.05, 0) is 42.7 Å². The number of furan rings is 1. The molecule has 16 heavy (non-hydrogen) atoms. The molecule has 0 fully saturated rings. The first-order chi connectivity index (χ1) is 7.66. The molecule has 0 spiro atoms. The van der Waals surface area contributed by atoms with E-state index in [0.717, 1.165) is 16.9 Å². The predicted octanol–water partition coefficient (Wildman–Crippen LogP) is 1.81. The third-order valence-electron chi connectivity index (χ3n) is 2.54. The summed E-state index contributed by atoms with van der Waals surface area (Å²) in [5.41, 5.74) is 13.8. The van der Waals surface area contributed by atoms with E-state index in [4.69, 9.17) is 15.9 Å². The molecule has 1 unspecified atom stereocenters. The van der Waals surface area contributed by atoms with Crippen molar-refractivity contribution in [1.82, 2.24) is 4.98 Å². The van der Waals surface area contributed by atoms with E-state index in [1.807, 2.05) is 25.1 Å². The zero-order valence-corrected chi connectivity index (χ0v) is 9.18. The van der Waals surface area contributed by atoms with E-state index in [-0.39, 0.29) is 6.04 Å². The van der Waals surface area contributed by atoms with Crippen LogP contribution in [0.3, 0.4) is 0 Å². The summed E-state index contributed by atoms with van der Waals surface area (Å²) in [5.74, 6) is 1.34. The fourth-order valence-electron chi connectivity index (χ4n) is 1.73. The molecule has 2 heterocycles. The van der Waals surface area contributed by atoms with Gasteiger partial charge in [-0.15, -0.1) is 0 Å². The van der Waals surface area contributed by atoms with E-state index < -0.39 is 0 Å². The Bertz CT molecular complexity index is 479. The van der Waals surface area contributed by atoms with Gasteiger partial charge in [0.15, 0.2) is 0 Å². The Morgan fingerprint density at radius 2 is 2.25 bits per heavy atom. The number of anilines is 1. The summed E-state index contributed by atoms with van der Waals surface area (Å²) < 4.78 is 5.36. The third kappa shape index (κ3) is 2.23. The first-order valence-electron chi connectivity index (χ1n) is 5.17. The molecule has 0 saturated heterocycles. The molecule has 0 aliphatic heterocycles. The quantitative estimate of drug-likeness (QED) is 0.821. The van der Waals surface area contributed by atoms with Crippen LogP contribution in [0.4, 0.5) is 5.82 Å². The van der Waals surface area contributed by atoms with Gasteiger partial charge in [0.1, 0.15) is 11.6 Å². The molecule has 0 aliphatic rings. The molecule has 4 heteroatoms. The summed E-state index contributed by atoms with van der Waals surface area (Å²) in [6.07, 6.45) is 4.04. The summed E-state index contributed by atoms with van der Waals surface area (Å²) in [7, 11) is 0. The molecular weight excluding hydrogens is 202 g/mol. The van der Waals surface area contributed by atoms with Crippen LogP contribution >= 0.6 is 0 Å². The van der Waals surface area contributed by atoms with Gasteiger partial charge in [-0.3, -0.25) is 0 Å². The second kappa shape index (κ2) is 4.37. The number of rotatable bonds is 3. The first kappa shape index (κ1) is 10.7. The molecule has 2 aromatic heterocycles. The molecule has 2 rings (SSSR count).